The van der Waals surface area contributed by atoms with Gasteiger partial charge >= 0.3 is 0 Å². The average molecular weight is 249 g/mol. The van der Waals surface area contributed by atoms with E-state index in [2.05, 4.69) is 0 Å². The molecular formula is C11H11Cl2FO. The van der Waals surface area contributed by atoms with Gasteiger partial charge in [-0.15, -0.1) is 11.6 Å². The minimum atomic E-state index is -0.768. The Kier molecular flexibility index (Phi) is 3.74. The highest BCUT2D eigenvalue weighted by atomic mass is 35.5. The van der Waals surface area contributed by atoms with Crippen LogP contribution >= 0.6 is 23.2 Å². The molecule has 0 bridgehead atoms. The highest BCUT2D eigenvalue weighted by molar-refractivity contribution is 6.30. The number of hydrogen-bond acceptors (Lipinski definition) is 1. The summed E-state index contributed by atoms with van der Waals surface area (Å²) in [4.78, 5) is 11.9. The third kappa shape index (κ3) is 2.70. The SMILES string of the molecule is CC(C)(CCl)C(=O)c1ccc(Cl)cc1F. The second-order valence-electron chi connectivity index (χ2n) is 3.97. The molecule has 0 atom stereocenters. The molecule has 0 saturated heterocycles. The van der Waals surface area contributed by atoms with Crippen LogP contribution < -0.4 is 0 Å². The van der Waals surface area contributed by atoms with Gasteiger partial charge < -0.3 is 0 Å². The van der Waals surface area contributed by atoms with E-state index < -0.39 is 11.2 Å². The lowest BCUT2D eigenvalue weighted by molar-refractivity contribution is 0.0857. The molecule has 0 N–H and O–H groups in total. The van der Waals surface area contributed by atoms with Gasteiger partial charge in [0.15, 0.2) is 5.78 Å². The Bertz CT molecular complexity index is 388. The molecular weight excluding hydrogens is 238 g/mol. The van der Waals surface area contributed by atoms with Crippen molar-refractivity contribution in [3.05, 3.63) is 34.6 Å². The number of Topliss-reactive ketones (excluding diaryl/α,β-unsaturated/α-hetero) is 1. The molecule has 1 aromatic rings. The summed E-state index contributed by atoms with van der Waals surface area (Å²) in [7, 11) is 0. The van der Waals surface area contributed by atoms with Crippen molar-refractivity contribution in [1.82, 2.24) is 0 Å². The molecule has 0 unspecified atom stereocenters. The highest BCUT2D eigenvalue weighted by Crippen LogP contribution is 2.26. The van der Waals surface area contributed by atoms with Crippen LogP contribution in [0, 0.1) is 11.2 Å². The summed E-state index contributed by atoms with van der Waals surface area (Å²) in [5, 5.41) is 0.271. The van der Waals surface area contributed by atoms with Gasteiger partial charge in [-0.05, 0) is 18.2 Å². The largest absolute Gasteiger partial charge is 0.293 e. The monoisotopic (exact) mass is 248 g/mol. The summed E-state index contributed by atoms with van der Waals surface area (Å²) in [5.41, 5.74) is -0.735. The molecule has 82 valence electrons. The Morgan fingerprint density at radius 2 is 2.07 bits per heavy atom. The molecule has 0 aliphatic rings. The van der Waals surface area contributed by atoms with Crippen molar-refractivity contribution in [2.24, 2.45) is 5.41 Å². The van der Waals surface area contributed by atoms with Crippen molar-refractivity contribution in [3.63, 3.8) is 0 Å². The van der Waals surface area contributed by atoms with Crippen molar-refractivity contribution in [3.8, 4) is 0 Å². The van der Waals surface area contributed by atoms with Crippen molar-refractivity contribution >= 4 is 29.0 Å². The van der Waals surface area contributed by atoms with E-state index >= 15 is 0 Å². The second kappa shape index (κ2) is 4.50. The maximum Gasteiger partial charge on any atom is 0.172 e. The Balaban J connectivity index is 3.12. The first-order chi connectivity index (χ1) is 6.88. The summed E-state index contributed by atoms with van der Waals surface area (Å²) in [6, 6.07) is 4.00. The molecule has 0 aliphatic carbocycles. The van der Waals surface area contributed by atoms with Crippen LogP contribution in [-0.4, -0.2) is 11.7 Å². The quantitative estimate of drug-likeness (QED) is 0.586. The Hall–Kier alpha value is -0.600. The smallest absolute Gasteiger partial charge is 0.172 e. The van der Waals surface area contributed by atoms with Gasteiger partial charge in [-0.3, -0.25) is 4.79 Å². The standard InChI is InChI=1S/C11H11Cl2FO/c1-11(2,6-12)10(15)8-4-3-7(13)5-9(8)14/h3-5H,6H2,1-2H3. The molecule has 1 nitrogen and oxygen atoms in total. The van der Waals surface area contributed by atoms with Gasteiger partial charge in [0.2, 0.25) is 0 Å². The van der Waals surface area contributed by atoms with Gasteiger partial charge in [0, 0.05) is 16.3 Å². The summed E-state index contributed by atoms with van der Waals surface area (Å²) < 4.78 is 13.4. The Morgan fingerprint density at radius 3 is 2.53 bits per heavy atom. The van der Waals surface area contributed by atoms with Crippen molar-refractivity contribution in [2.45, 2.75) is 13.8 Å². The van der Waals surface area contributed by atoms with E-state index in [1.54, 1.807) is 13.8 Å². The van der Waals surface area contributed by atoms with E-state index in [1.165, 1.54) is 12.1 Å². The number of benzene rings is 1. The van der Waals surface area contributed by atoms with Crippen molar-refractivity contribution in [1.29, 1.82) is 0 Å². The van der Waals surface area contributed by atoms with Crippen LogP contribution in [-0.2, 0) is 0 Å². The number of halogens is 3. The summed E-state index contributed by atoms with van der Waals surface area (Å²) in [5.74, 6) is -0.772. The zero-order valence-corrected chi connectivity index (χ0v) is 9.99. The molecule has 0 spiro atoms. The number of ketones is 1. The molecule has 0 amide bonds. The zero-order valence-electron chi connectivity index (χ0n) is 8.48. The van der Waals surface area contributed by atoms with Crippen LogP contribution in [0.1, 0.15) is 24.2 Å². The van der Waals surface area contributed by atoms with Crippen LogP contribution in [0.4, 0.5) is 4.39 Å². The lowest BCUT2D eigenvalue weighted by Gasteiger charge is -2.19. The predicted octanol–water partition coefficient (Wildman–Crippen LogP) is 3.93. The molecule has 15 heavy (non-hydrogen) atoms. The molecule has 1 aromatic carbocycles. The molecule has 0 fully saturated rings. The van der Waals surface area contributed by atoms with E-state index in [-0.39, 0.29) is 22.2 Å². The van der Waals surface area contributed by atoms with E-state index in [1.807, 2.05) is 0 Å². The number of alkyl halides is 1. The van der Waals surface area contributed by atoms with Gasteiger partial charge in [-0.25, -0.2) is 4.39 Å². The number of carbonyl (C=O) groups is 1. The average Bonchev–Trinajstić information content (AvgIpc) is 2.17. The fraction of sp³-hybridized carbons (Fsp3) is 0.364. The normalized spacial score (nSPS) is 11.5. The molecule has 0 radical (unpaired) electrons. The van der Waals surface area contributed by atoms with Gasteiger partial charge in [0.25, 0.3) is 0 Å². The minimum absolute atomic E-state index is 0.0325. The fourth-order valence-corrected chi connectivity index (χ4v) is 1.38. The van der Waals surface area contributed by atoms with E-state index in [9.17, 15) is 9.18 Å². The second-order valence-corrected chi connectivity index (χ2v) is 4.67. The number of carbonyl (C=O) groups excluding carboxylic acids is 1. The zero-order chi connectivity index (χ0) is 11.6. The van der Waals surface area contributed by atoms with Gasteiger partial charge in [-0.2, -0.15) is 0 Å². The molecule has 1 rings (SSSR count). The van der Waals surface area contributed by atoms with Crippen LogP contribution in [0.25, 0.3) is 0 Å². The predicted molar refractivity (Wildman–Crippen MR) is 60.2 cm³/mol. The van der Waals surface area contributed by atoms with Crippen LogP contribution in [0.2, 0.25) is 5.02 Å². The maximum atomic E-state index is 13.4. The number of rotatable bonds is 3. The maximum absolute atomic E-state index is 13.4. The van der Waals surface area contributed by atoms with Gasteiger partial charge in [-0.1, -0.05) is 25.4 Å². The summed E-state index contributed by atoms with van der Waals surface area (Å²) in [6.45, 7) is 3.35. The van der Waals surface area contributed by atoms with Crippen molar-refractivity contribution < 1.29 is 9.18 Å². The first-order valence-corrected chi connectivity index (χ1v) is 5.35. The molecule has 0 aliphatic heterocycles. The van der Waals surface area contributed by atoms with E-state index in [0.29, 0.717) is 0 Å². The molecule has 0 saturated carbocycles. The van der Waals surface area contributed by atoms with Gasteiger partial charge in [0.1, 0.15) is 5.82 Å². The van der Waals surface area contributed by atoms with Gasteiger partial charge in [0.05, 0.1) is 5.56 Å². The Morgan fingerprint density at radius 1 is 1.47 bits per heavy atom. The molecule has 0 aromatic heterocycles. The fourth-order valence-electron chi connectivity index (χ4n) is 1.10. The van der Waals surface area contributed by atoms with Crippen LogP contribution in [0.5, 0.6) is 0 Å². The van der Waals surface area contributed by atoms with Crippen LogP contribution in [0.15, 0.2) is 18.2 Å². The molecule has 0 heterocycles. The minimum Gasteiger partial charge on any atom is -0.293 e. The first-order valence-electron chi connectivity index (χ1n) is 4.44. The summed E-state index contributed by atoms with van der Waals surface area (Å²) in [6.07, 6.45) is 0. The summed E-state index contributed by atoms with van der Waals surface area (Å²) >= 11 is 11.2. The number of hydrogen-bond donors (Lipinski definition) is 0. The Labute approximate surface area is 98.2 Å². The van der Waals surface area contributed by atoms with E-state index in [4.69, 9.17) is 23.2 Å². The topological polar surface area (TPSA) is 17.1 Å². The first kappa shape index (κ1) is 12.5. The third-order valence-corrected chi connectivity index (χ3v) is 3.03. The van der Waals surface area contributed by atoms with Crippen LogP contribution in [0.3, 0.4) is 0 Å². The van der Waals surface area contributed by atoms with E-state index in [0.717, 1.165) is 6.07 Å². The lowest BCUT2D eigenvalue weighted by atomic mass is 9.86. The third-order valence-electron chi connectivity index (χ3n) is 2.12. The lowest BCUT2D eigenvalue weighted by Crippen LogP contribution is -2.26. The highest BCUT2D eigenvalue weighted by Gasteiger charge is 2.29. The van der Waals surface area contributed by atoms with Crippen molar-refractivity contribution in [2.75, 3.05) is 5.88 Å². The molecule has 4 heteroatoms.